The van der Waals surface area contributed by atoms with Crippen molar-refractivity contribution < 1.29 is 4.79 Å². The van der Waals surface area contributed by atoms with Crippen LogP contribution in [0.3, 0.4) is 0 Å². The Morgan fingerprint density at radius 2 is 1.92 bits per heavy atom. The zero-order valence-electron chi connectivity index (χ0n) is 12.1. The van der Waals surface area contributed by atoms with Crippen molar-refractivity contribution in [1.29, 1.82) is 0 Å². The van der Waals surface area contributed by atoms with E-state index in [1.54, 1.807) is 11.3 Å². The van der Waals surface area contributed by atoms with E-state index in [1.165, 1.54) is 17.5 Å². The number of nitrogens with zero attached hydrogens (tertiary/aromatic N) is 3. The first-order valence-corrected chi connectivity index (χ1v) is 9.42. The fraction of sp³-hybridized carbons (Fsp3) is 0. The molecule has 1 N–H and O–H groups in total. The van der Waals surface area contributed by atoms with Gasteiger partial charge in [-0.25, -0.2) is 9.97 Å². The maximum absolute atomic E-state index is 12.4. The predicted molar refractivity (Wildman–Crippen MR) is 101 cm³/mol. The van der Waals surface area contributed by atoms with Gasteiger partial charge in [-0.15, -0.1) is 22.7 Å². The van der Waals surface area contributed by atoms with Crippen LogP contribution in [0, 0.1) is 0 Å². The third kappa shape index (κ3) is 3.08. The maximum Gasteiger partial charge on any atom is 0.277 e. The van der Waals surface area contributed by atoms with Crippen molar-refractivity contribution in [3.8, 4) is 10.6 Å². The van der Waals surface area contributed by atoms with E-state index in [2.05, 4.69) is 36.2 Å². The molecule has 0 saturated heterocycles. The summed E-state index contributed by atoms with van der Waals surface area (Å²) in [6, 6.07) is 11.4. The first-order valence-electron chi connectivity index (χ1n) is 6.93. The summed E-state index contributed by atoms with van der Waals surface area (Å²) in [5, 5.41) is 5.23. The van der Waals surface area contributed by atoms with Crippen LogP contribution in [0.25, 0.3) is 21.6 Å². The molecule has 0 spiro atoms. The molecule has 0 unspecified atom stereocenters. The van der Waals surface area contributed by atoms with Gasteiger partial charge in [-0.1, -0.05) is 12.1 Å². The number of rotatable bonds is 3. The normalized spacial score (nSPS) is 10.9. The van der Waals surface area contributed by atoms with Gasteiger partial charge in [0.25, 0.3) is 5.91 Å². The molecule has 1 amide bonds. The number of fused-ring (bicyclic) bond motifs is 1. The molecule has 118 valence electrons. The molecule has 8 heteroatoms. The van der Waals surface area contributed by atoms with Crippen molar-refractivity contribution in [2.75, 3.05) is 5.32 Å². The Balaban J connectivity index is 1.56. The molecule has 0 saturated carbocycles. The van der Waals surface area contributed by atoms with Crippen LogP contribution >= 0.6 is 38.6 Å². The van der Waals surface area contributed by atoms with E-state index in [4.69, 9.17) is 0 Å². The number of aromatic nitrogens is 3. The zero-order chi connectivity index (χ0) is 16.5. The molecule has 0 atom stereocenters. The molecule has 1 aromatic carbocycles. The van der Waals surface area contributed by atoms with E-state index in [1.807, 2.05) is 41.8 Å². The molecule has 0 aliphatic carbocycles. The number of halogens is 1. The molecule has 5 nitrogen and oxygen atoms in total. The summed E-state index contributed by atoms with van der Waals surface area (Å²) < 4.78 is 1.04. The lowest BCUT2D eigenvalue weighted by Crippen LogP contribution is -2.14. The van der Waals surface area contributed by atoms with Gasteiger partial charge in [0.2, 0.25) is 0 Å². The van der Waals surface area contributed by atoms with E-state index in [0.717, 1.165) is 19.9 Å². The van der Waals surface area contributed by atoms with E-state index in [0.29, 0.717) is 10.6 Å². The fourth-order valence-electron chi connectivity index (χ4n) is 2.12. The van der Waals surface area contributed by atoms with Crippen molar-refractivity contribution in [2.45, 2.75) is 0 Å². The van der Waals surface area contributed by atoms with Crippen LogP contribution in [0.2, 0.25) is 0 Å². The molecular formula is C16H9BrN4OS2. The largest absolute Gasteiger partial charge is 0.296 e. The zero-order valence-corrected chi connectivity index (χ0v) is 15.3. The van der Waals surface area contributed by atoms with E-state index in [9.17, 15) is 4.79 Å². The van der Waals surface area contributed by atoms with E-state index < -0.39 is 0 Å². The van der Waals surface area contributed by atoms with Gasteiger partial charge < -0.3 is 0 Å². The second-order valence-electron chi connectivity index (χ2n) is 4.84. The van der Waals surface area contributed by atoms with Crippen molar-refractivity contribution in [2.24, 2.45) is 0 Å². The summed E-state index contributed by atoms with van der Waals surface area (Å²) in [6.07, 6.45) is 1.47. The molecule has 24 heavy (non-hydrogen) atoms. The van der Waals surface area contributed by atoms with Crippen LogP contribution in [-0.4, -0.2) is 20.9 Å². The van der Waals surface area contributed by atoms with Crippen LogP contribution in [0.4, 0.5) is 5.13 Å². The minimum atomic E-state index is -0.318. The number of thiophene rings is 1. The lowest BCUT2D eigenvalue weighted by Gasteiger charge is -2.02. The number of carbonyl (C=O) groups is 1. The number of amides is 1. The Bertz CT molecular complexity index is 1040. The lowest BCUT2D eigenvalue weighted by molar-refractivity contribution is 0.102. The maximum atomic E-state index is 12.4. The Kier molecular flexibility index (Phi) is 4.09. The van der Waals surface area contributed by atoms with Crippen LogP contribution < -0.4 is 5.32 Å². The van der Waals surface area contributed by atoms with Crippen LogP contribution in [-0.2, 0) is 0 Å². The number of hydrogen-bond donors (Lipinski definition) is 1. The Morgan fingerprint density at radius 3 is 2.71 bits per heavy atom. The molecule has 3 aromatic heterocycles. The standard InChI is InChI=1S/C16H9BrN4OS2/c17-14-6-5-13(24-14)12-8-23-16(20-12)21-15(22)11-7-18-9-3-1-2-4-10(9)19-11/h1-8H,(H,20,21,22). The minimum absolute atomic E-state index is 0.268. The highest BCUT2D eigenvalue weighted by atomic mass is 79.9. The summed E-state index contributed by atoms with van der Waals surface area (Å²) in [5.41, 5.74) is 2.56. The number of thiazole rings is 1. The highest BCUT2D eigenvalue weighted by Gasteiger charge is 2.13. The van der Waals surface area contributed by atoms with Gasteiger partial charge in [-0.3, -0.25) is 15.1 Å². The second kappa shape index (κ2) is 6.39. The molecular weight excluding hydrogens is 408 g/mol. The number of carbonyl (C=O) groups excluding carboxylic acids is 1. The first kappa shape index (κ1) is 15.4. The number of nitrogens with one attached hydrogen (secondary N) is 1. The van der Waals surface area contributed by atoms with Crippen LogP contribution in [0.5, 0.6) is 0 Å². The smallest absolute Gasteiger partial charge is 0.277 e. The molecule has 0 radical (unpaired) electrons. The number of para-hydroxylation sites is 2. The molecule has 0 aliphatic rings. The highest BCUT2D eigenvalue weighted by Crippen LogP contribution is 2.33. The summed E-state index contributed by atoms with van der Waals surface area (Å²) >= 11 is 6.41. The van der Waals surface area contributed by atoms with Gasteiger partial charge in [-0.2, -0.15) is 0 Å². The second-order valence-corrected chi connectivity index (χ2v) is 8.16. The monoisotopic (exact) mass is 416 g/mol. The quantitative estimate of drug-likeness (QED) is 0.519. The average molecular weight is 417 g/mol. The topological polar surface area (TPSA) is 67.8 Å². The molecule has 4 aromatic rings. The van der Waals surface area contributed by atoms with Crippen molar-refractivity contribution in [3.63, 3.8) is 0 Å². The summed E-state index contributed by atoms with van der Waals surface area (Å²) in [6.45, 7) is 0. The van der Waals surface area contributed by atoms with Gasteiger partial charge in [0.05, 0.1) is 31.6 Å². The van der Waals surface area contributed by atoms with Crippen LogP contribution in [0.15, 0.2) is 51.8 Å². The van der Waals surface area contributed by atoms with Gasteiger partial charge in [0.15, 0.2) is 5.13 Å². The Morgan fingerprint density at radius 1 is 1.08 bits per heavy atom. The Labute approximate surface area is 153 Å². The third-order valence-electron chi connectivity index (χ3n) is 3.23. The predicted octanol–water partition coefficient (Wildman–Crippen LogP) is 4.83. The SMILES string of the molecule is O=C(Nc1nc(-c2ccc(Br)s2)cs1)c1cnc2ccccc2n1. The fourth-order valence-corrected chi connectivity index (χ4v) is 4.25. The van der Waals surface area contributed by atoms with Gasteiger partial charge in [-0.05, 0) is 40.2 Å². The number of benzene rings is 1. The summed E-state index contributed by atoms with van der Waals surface area (Å²) in [4.78, 5) is 26.4. The molecule has 0 bridgehead atoms. The average Bonchev–Trinajstić information content (AvgIpc) is 3.23. The molecule has 3 heterocycles. The molecule has 0 aliphatic heterocycles. The number of hydrogen-bond acceptors (Lipinski definition) is 6. The summed E-state index contributed by atoms with van der Waals surface area (Å²) in [5.74, 6) is -0.318. The number of anilines is 1. The molecule has 4 rings (SSSR count). The Hall–Kier alpha value is -2.16. The minimum Gasteiger partial charge on any atom is -0.296 e. The molecule has 0 fully saturated rings. The van der Waals surface area contributed by atoms with Gasteiger partial charge in [0, 0.05) is 5.38 Å². The third-order valence-corrected chi connectivity index (χ3v) is 5.64. The van der Waals surface area contributed by atoms with Crippen molar-refractivity contribution in [3.05, 3.63) is 57.5 Å². The highest BCUT2D eigenvalue weighted by molar-refractivity contribution is 9.11. The summed E-state index contributed by atoms with van der Waals surface area (Å²) in [7, 11) is 0. The van der Waals surface area contributed by atoms with Gasteiger partial charge in [0.1, 0.15) is 5.69 Å². The lowest BCUT2D eigenvalue weighted by atomic mass is 10.3. The van der Waals surface area contributed by atoms with Gasteiger partial charge >= 0.3 is 0 Å². The van der Waals surface area contributed by atoms with E-state index >= 15 is 0 Å². The van der Waals surface area contributed by atoms with Crippen LogP contribution in [0.1, 0.15) is 10.5 Å². The van der Waals surface area contributed by atoms with Crippen molar-refractivity contribution in [1.82, 2.24) is 15.0 Å². The van der Waals surface area contributed by atoms with Crippen molar-refractivity contribution >= 4 is 60.7 Å². The first-order chi connectivity index (χ1) is 11.7. The van der Waals surface area contributed by atoms with E-state index in [-0.39, 0.29) is 11.6 Å².